The van der Waals surface area contributed by atoms with Gasteiger partial charge in [-0.05, 0) is 33.6 Å². The van der Waals surface area contributed by atoms with E-state index in [2.05, 4.69) is 38.0 Å². The van der Waals surface area contributed by atoms with E-state index >= 15 is 0 Å². The van der Waals surface area contributed by atoms with Gasteiger partial charge in [0.15, 0.2) is 15.6 Å². The lowest BCUT2D eigenvalue weighted by Crippen LogP contribution is -2.16. The molecule has 0 bridgehead atoms. The molecule has 3 heterocycles. The number of carbonyl (C=O) groups is 2. The SMILES string of the molecule is C=CCn1c(SCC(=O)Nc2scc(-c3ccccc3)c2C(=O)OC)nnc1-c1ccc(Br)o1. The summed E-state index contributed by atoms with van der Waals surface area (Å²) in [4.78, 5) is 25.3. The fourth-order valence-corrected chi connectivity index (χ4v) is 5.21. The molecule has 1 amide bonds. The van der Waals surface area contributed by atoms with Gasteiger partial charge < -0.3 is 14.5 Å². The molecule has 1 N–H and O–H groups in total. The number of allylic oxidation sites excluding steroid dienone is 1. The van der Waals surface area contributed by atoms with Crippen LogP contribution in [0.5, 0.6) is 0 Å². The topological polar surface area (TPSA) is 99.2 Å². The number of carbonyl (C=O) groups excluding carboxylic acids is 2. The second-order valence-corrected chi connectivity index (χ2v) is 9.46. The maximum atomic E-state index is 12.8. The molecule has 0 aliphatic rings. The fourth-order valence-electron chi connectivity index (χ4n) is 3.18. The largest absolute Gasteiger partial charge is 0.465 e. The predicted octanol–water partition coefficient (Wildman–Crippen LogP) is 5.73. The zero-order chi connectivity index (χ0) is 24.1. The van der Waals surface area contributed by atoms with Crippen molar-refractivity contribution in [3.05, 3.63) is 70.7 Å². The Morgan fingerprint density at radius 3 is 2.74 bits per heavy atom. The number of anilines is 1. The molecule has 4 aromatic rings. The van der Waals surface area contributed by atoms with E-state index in [9.17, 15) is 9.59 Å². The third kappa shape index (κ3) is 5.16. The number of thiophene rings is 1. The number of aromatic nitrogens is 3. The lowest BCUT2D eigenvalue weighted by Gasteiger charge is -2.08. The summed E-state index contributed by atoms with van der Waals surface area (Å²) < 4.78 is 12.9. The van der Waals surface area contributed by atoms with Crippen molar-refractivity contribution in [3.8, 4) is 22.7 Å². The minimum absolute atomic E-state index is 0.0658. The van der Waals surface area contributed by atoms with E-state index in [1.54, 1.807) is 18.2 Å². The van der Waals surface area contributed by atoms with E-state index in [-0.39, 0.29) is 11.7 Å². The molecule has 0 unspecified atom stereocenters. The van der Waals surface area contributed by atoms with E-state index in [0.717, 1.165) is 5.56 Å². The van der Waals surface area contributed by atoms with Crippen LogP contribution in [0.1, 0.15) is 10.4 Å². The highest BCUT2D eigenvalue weighted by Gasteiger charge is 2.23. The van der Waals surface area contributed by atoms with Crippen molar-refractivity contribution in [1.29, 1.82) is 0 Å². The van der Waals surface area contributed by atoms with Gasteiger partial charge in [-0.25, -0.2) is 4.79 Å². The summed E-state index contributed by atoms with van der Waals surface area (Å²) in [5, 5.41) is 14.1. The van der Waals surface area contributed by atoms with Gasteiger partial charge in [0.2, 0.25) is 11.7 Å². The molecule has 1 aromatic carbocycles. The molecule has 0 fully saturated rings. The van der Waals surface area contributed by atoms with Gasteiger partial charge >= 0.3 is 5.97 Å². The Labute approximate surface area is 212 Å². The summed E-state index contributed by atoms with van der Waals surface area (Å²) >= 11 is 5.78. The van der Waals surface area contributed by atoms with E-state index in [1.807, 2.05) is 40.3 Å². The Kier molecular flexibility index (Phi) is 7.66. The zero-order valence-corrected chi connectivity index (χ0v) is 21.2. The number of benzene rings is 1. The number of amides is 1. The van der Waals surface area contributed by atoms with E-state index in [1.165, 1.54) is 30.2 Å². The summed E-state index contributed by atoms with van der Waals surface area (Å²) in [5.41, 5.74) is 1.90. The molecule has 0 spiro atoms. The molecule has 0 aliphatic carbocycles. The number of esters is 1. The Balaban J connectivity index is 1.51. The van der Waals surface area contributed by atoms with Crippen molar-refractivity contribution in [2.24, 2.45) is 0 Å². The second kappa shape index (κ2) is 10.9. The monoisotopic (exact) mass is 558 g/mol. The van der Waals surface area contributed by atoms with Crippen LogP contribution in [0.2, 0.25) is 0 Å². The van der Waals surface area contributed by atoms with E-state index < -0.39 is 5.97 Å². The zero-order valence-electron chi connectivity index (χ0n) is 18.0. The molecule has 3 aromatic heterocycles. The summed E-state index contributed by atoms with van der Waals surface area (Å²) in [6.45, 7) is 4.23. The van der Waals surface area contributed by atoms with Crippen LogP contribution in [0, 0.1) is 0 Å². The molecule has 11 heteroatoms. The van der Waals surface area contributed by atoms with Crippen molar-refractivity contribution in [2.45, 2.75) is 11.7 Å². The van der Waals surface area contributed by atoms with Crippen LogP contribution in [0.4, 0.5) is 5.00 Å². The van der Waals surface area contributed by atoms with Crippen LogP contribution in [0.3, 0.4) is 0 Å². The molecular formula is C23H19BrN4O4S2. The van der Waals surface area contributed by atoms with Crippen molar-refractivity contribution in [2.75, 3.05) is 18.2 Å². The number of hydrogen-bond acceptors (Lipinski definition) is 8. The molecule has 8 nitrogen and oxygen atoms in total. The van der Waals surface area contributed by atoms with Crippen molar-refractivity contribution in [1.82, 2.24) is 14.8 Å². The molecule has 0 atom stereocenters. The van der Waals surface area contributed by atoms with Gasteiger partial charge in [-0.2, -0.15) is 0 Å². The quantitative estimate of drug-likeness (QED) is 0.159. The number of methoxy groups -OCH3 is 1. The second-order valence-electron chi connectivity index (χ2n) is 6.86. The van der Waals surface area contributed by atoms with Gasteiger partial charge in [-0.3, -0.25) is 9.36 Å². The van der Waals surface area contributed by atoms with Gasteiger partial charge in [0.25, 0.3) is 0 Å². The molecule has 174 valence electrons. The Bertz CT molecular complexity index is 1330. The smallest absolute Gasteiger partial charge is 0.341 e. The molecule has 4 rings (SSSR count). The average Bonchev–Trinajstić information content (AvgIpc) is 3.56. The molecule has 0 radical (unpaired) electrons. The Morgan fingerprint density at radius 2 is 2.06 bits per heavy atom. The number of ether oxygens (including phenoxy) is 1. The summed E-state index contributed by atoms with van der Waals surface area (Å²) in [6.07, 6.45) is 1.72. The first-order chi connectivity index (χ1) is 16.5. The normalized spacial score (nSPS) is 10.8. The standard InChI is InChI=1S/C23H19BrN4O4S2/c1-3-11-28-20(16-9-10-17(24)32-16)26-27-23(28)34-13-18(29)25-21-19(22(30)31-2)15(12-33-21)14-7-5-4-6-8-14/h3-10,12H,1,11,13H2,2H3,(H,25,29). The van der Waals surface area contributed by atoms with Gasteiger partial charge in [-0.1, -0.05) is 48.2 Å². The number of rotatable bonds is 9. The van der Waals surface area contributed by atoms with Gasteiger partial charge in [-0.15, -0.1) is 28.1 Å². The van der Waals surface area contributed by atoms with E-state index in [0.29, 0.717) is 44.1 Å². The molecule has 0 aliphatic heterocycles. The predicted molar refractivity (Wildman–Crippen MR) is 136 cm³/mol. The van der Waals surface area contributed by atoms with E-state index in [4.69, 9.17) is 9.15 Å². The third-order valence-electron chi connectivity index (χ3n) is 4.67. The number of furan rings is 1. The highest BCUT2D eigenvalue weighted by molar-refractivity contribution is 9.10. The van der Waals surface area contributed by atoms with Crippen LogP contribution < -0.4 is 5.32 Å². The maximum absolute atomic E-state index is 12.8. The Hall–Kier alpha value is -3.15. The minimum Gasteiger partial charge on any atom is -0.465 e. The van der Waals surface area contributed by atoms with Crippen LogP contribution in [0.15, 0.2) is 74.7 Å². The first kappa shape index (κ1) is 24.0. The number of thioether (sulfide) groups is 1. The number of halogens is 1. The number of nitrogens with zero attached hydrogens (tertiary/aromatic N) is 3. The van der Waals surface area contributed by atoms with Crippen LogP contribution in [-0.2, 0) is 16.1 Å². The molecule has 34 heavy (non-hydrogen) atoms. The van der Waals surface area contributed by atoms with Gasteiger partial charge in [0.05, 0.1) is 12.9 Å². The van der Waals surface area contributed by atoms with Crippen LogP contribution in [0.25, 0.3) is 22.7 Å². The molecule has 0 saturated heterocycles. The summed E-state index contributed by atoms with van der Waals surface area (Å²) in [6, 6.07) is 13.0. The Morgan fingerprint density at radius 1 is 1.26 bits per heavy atom. The van der Waals surface area contributed by atoms with Crippen LogP contribution >= 0.6 is 39.0 Å². The lowest BCUT2D eigenvalue weighted by atomic mass is 10.0. The highest BCUT2D eigenvalue weighted by atomic mass is 79.9. The van der Waals surface area contributed by atoms with Gasteiger partial charge in [0, 0.05) is 17.5 Å². The number of hydrogen-bond donors (Lipinski definition) is 1. The lowest BCUT2D eigenvalue weighted by molar-refractivity contribution is -0.113. The van der Waals surface area contributed by atoms with Crippen molar-refractivity contribution < 1.29 is 18.7 Å². The average molecular weight is 559 g/mol. The number of nitrogens with one attached hydrogen (secondary N) is 1. The van der Waals surface area contributed by atoms with Crippen molar-refractivity contribution in [3.63, 3.8) is 0 Å². The summed E-state index contributed by atoms with van der Waals surface area (Å²) in [5.74, 6) is 0.352. The minimum atomic E-state index is -0.511. The van der Waals surface area contributed by atoms with Crippen LogP contribution in [-0.4, -0.2) is 39.5 Å². The highest BCUT2D eigenvalue weighted by Crippen LogP contribution is 2.36. The fraction of sp³-hybridized carbons (Fsp3) is 0.130. The van der Waals surface area contributed by atoms with Gasteiger partial charge in [0.1, 0.15) is 10.6 Å². The molecule has 0 saturated carbocycles. The third-order valence-corrected chi connectivity index (χ3v) is 6.96. The van der Waals surface area contributed by atoms with Crippen molar-refractivity contribution >= 4 is 55.9 Å². The maximum Gasteiger partial charge on any atom is 0.341 e. The molecular weight excluding hydrogens is 540 g/mol. The first-order valence-electron chi connectivity index (χ1n) is 9.99. The first-order valence-corrected chi connectivity index (χ1v) is 12.6. The summed E-state index contributed by atoms with van der Waals surface area (Å²) in [7, 11) is 1.32.